The summed E-state index contributed by atoms with van der Waals surface area (Å²) in [4.78, 5) is 4.39. The molecular formula is C12H17BrN2O. The molecule has 0 atom stereocenters. The maximum Gasteiger partial charge on any atom is 0.0492 e. The van der Waals surface area contributed by atoms with Gasteiger partial charge in [-0.2, -0.15) is 0 Å². The van der Waals surface area contributed by atoms with E-state index in [4.69, 9.17) is 0 Å². The van der Waals surface area contributed by atoms with Crippen molar-refractivity contribution in [1.29, 1.82) is 0 Å². The topological polar surface area (TPSA) is 45.2 Å². The van der Waals surface area contributed by atoms with Crippen LogP contribution in [0, 0.1) is 5.41 Å². The third-order valence-electron chi connectivity index (χ3n) is 3.34. The highest BCUT2D eigenvalue weighted by atomic mass is 79.9. The van der Waals surface area contributed by atoms with Gasteiger partial charge < -0.3 is 10.4 Å². The maximum absolute atomic E-state index is 9.59. The molecule has 1 fully saturated rings. The minimum absolute atomic E-state index is 0.0338. The van der Waals surface area contributed by atoms with E-state index in [1.54, 1.807) is 0 Å². The van der Waals surface area contributed by atoms with Crippen LogP contribution in [0.15, 0.2) is 22.8 Å². The average Bonchev–Trinajstić information content (AvgIpc) is 2.33. The molecule has 2 heterocycles. The van der Waals surface area contributed by atoms with E-state index in [0.717, 1.165) is 42.5 Å². The Hall–Kier alpha value is -0.450. The Morgan fingerprint density at radius 3 is 2.69 bits per heavy atom. The molecule has 0 saturated carbocycles. The number of hydrogen-bond acceptors (Lipinski definition) is 3. The van der Waals surface area contributed by atoms with Crippen molar-refractivity contribution in [3.8, 4) is 0 Å². The molecule has 1 aromatic rings. The highest BCUT2D eigenvalue weighted by molar-refractivity contribution is 9.10. The number of halogens is 1. The van der Waals surface area contributed by atoms with Crippen LogP contribution in [-0.2, 0) is 6.42 Å². The van der Waals surface area contributed by atoms with E-state index in [2.05, 4.69) is 26.2 Å². The van der Waals surface area contributed by atoms with Crippen LogP contribution in [-0.4, -0.2) is 29.8 Å². The smallest absolute Gasteiger partial charge is 0.0492 e. The molecule has 88 valence electrons. The van der Waals surface area contributed by atoms with Gasteiger partial charge in [-0.05, 0) is 60.4 Å². The summed E-state index contributed by atoms with van der Waals surface area (Å²) in [5.41, 5.74) is 1.10. The van der Waals surface area contributed by atoms with Crippen LogP contribution >= 0.6 is 15.9 Å². The maximum atomic E-state index is 9.59. The molecule has 0 radical (unpaired) electrons. The summed E-state index contributed by atoms with van der Waals surface area (Å²) in [6.07, 6.45) is 4.75. The van der Waals surface area contributed by atoms with E-state index in [1.165, 1.54) is 0 Å². The van der Waals surface area contributed by atoms with Gasteiger partial charge in [0, 0.05) is 28.4 Å². The van der Waals surface area contributed by atoms with Crippen molar-refractivity contribution in [2.24, 2.45) is 5.41 Å². The fourth-order valence-corrected chi connectivity index (χ4v) is 2.48. The number of nitrogens with one attached hydrogen (secondary N) is 1. The Kier molecular flexibility index (Phi) is 3.95. The first-order valence-corrected chi connectivity index (χ1v) is 6.45. The van der Waals surface area contributed by atoms with E-state index < -0.39 is 0 Å². The summed E-state index contributed by atoms with van der Waals surface area (Å²) in [6.45, 7) is 2.25. The third kappa shape index (κ3) is 2.81. The molecule has 2 rings (SSSR count). The predicted octanol–water partition coefficient (Wildman–Crippen LogP) is 1.75. The van der Waals surface area contributed by atoms with Gasteiger partial charge in [0.1, 0.15) is 0 Å². The second-order valence-corrected chi connectivity index (χ2v) is 5.47. The van der Waals surface area contributed by atoms with Gasteiger partial charge in [0.15, 0.2) is 0 Å². The molecule has 1 aliphatic rings. The summed E-state index contributed by atoms with van der Waals surface area (Å²) in [5, 5.41) is 12.9. The Morgan fingerprint density at radius 1 is 1.38 bits per heavy atom. The van der Waals surface area contributed by atoms with Crippen molar-refractivity contribution in [2.75, 3.05) is 19.7 Å². The lowest BCUT2D eigenvalue weighted by atomic mass is 9.76. The van der Waals surface area contributed by atoms with Crippen LogP contribution in [0.2, 0.25) is 0 Å². The van der Waals surface area contributed by atoms with Crippen molar-refractivity contribution in [2.45, 2.75) is 19.3 Å². The monoisotopic (exact) mass is 284 g/mol. The Labute approximate surface area is 104 Å². The van der Waals surface area contributed by atoms with Crippen LogP contribution in [0.4, 0.5) is 0 Å². The summed E-state index contributed by atoms with van der Waals surface area (Å²) in [7, 11) is 0. The van der Waals surface area contributed by atoms with Crippen molar-refractivity contribution >= 4 is 15.9 Å². The standard InChI is InChI=1S/C12H17BrN2O/c13-10-1-2-11(15-8-10)7-12(9-16)3-5-14-6-4-12/h1-2,8,14,16H,3-7,9H2. The van der Waals surface area contributed by atoms with Crippen molar-refractivity contribution in [3.63, 3.8) is 0 Å². The Bertz CT molecular complexity index is 333. The van der Waals surface area contributed by atoms with Crippen molar-refractivity contribution in [1.82, 2.24) is 10.3 Å². The highest BCUT2D eigenvalue weighted by Gasteiger charge is 2.31. The normalized spacial score (nSPS) is 19.6. The Balaban J connectivity index is 2.08. The van der Waals surface area contributed by atoms with E-state index in [9.17, 15) is 5.11 Å². The van der Waals surface area contributed by atoms with Gasteiger partial charge in [0.05, 0.1) is 0 Å². The van der Waals surface area contributed by atoms with Gasteiger partial charge in [-0.25, -0.2) is 0 Å². The van der Waals surface area contributed by atoms with Gasteiger partial charge in [0.25, 0.3) is 0 Å². The lowest BCUT2D eigenvalue weighted by molar-refractivity contribution is 0.0883. The number of aliphatic hydroxyl groups is 1. The van der Waals surface area contributed by atoms with E-state index in [1.807, 2.05) is 18.3 Å². The number of piperidine rings is 1. The predicted molar refractivity (Wildman–Crippen MR) is 67.3 cm³/mol. The largest absolute Gasteiger partial charge is 0.396 e. The molecule has 2 N–H and O–H groups in total. The zero-order chi connectivity index (χ0) is 11.4. The van der Waals surface area contributed by atoms with Crippen LogP contribution in [0.5, 0.6) is 0 Å². The molecule has 1 aromatic heterocycles. The molecular weight excluding hydrogens is 268 g/mol. The minimum atomic E-state index is 0.0338. The fraction of sp³-hybridized carbons (Fsp3) is 0.583. The second kappa shape index (κ2) is 5.25. The average molecular weight is 285 g/mol. The van der Waals surface area contributed by atoms with E-state index in [-0.39, 0.29) is 12.0 Å². The molecule has 0 aliphatic carbocycles. The molecule has 0 aromatic carbocycles. The highest BCUT2D eigenvalue weighted by Crippen LogP contribution is 2.31. The summed E-state index contributed by atoms with van der Waals surface area (Å²) >= 11 is 3.38. The summed E-state index contributed by atoms with van der Waals surface area (Å²) in [6, 6.07) is 4.04. The number of pyridine rings is 1. The van der Waals surface area contributed by atoms with E-state index in [0.29, 0.717) is 0 Å². The van der Waals surface area contributed by atoms with Crippen LogP contribution in [0.25, 0.3) is 0 Å². The number of rotatable bonds is 3. The van der Waals surface area contributed by atoms with E-state index >= 15 is 0 Å². The van der Waals surface area contributed by atoms with Crippen molar-refractivity contribution in [3.05, 3.63) is 28.5 Å². The number of aliphatic hydroxyl groups excluding tert-OH is 1. The van der Waals surface area contributed by atoms with Gasteiger partial charge in [-0.1, -0.05) is 0 Å². The summed E-state index contributed by atoms with van der Waals surface area (Å²) in [5.74, 6) is 0. The van der Waals surface area contributed by atoms with Crippen molar-refractivity contribution < 1.29 is 5.11 Å². The van der Waals surface area contributed by atoms with Gasteiger partial charge >= 0.3 is 0 Å². The molecule has 1 saturated heterocycles. The Morgan fingerprint density at radius 2 is 2.12 bits per heavy atom. The molecule has 3 nitrogen and oxygen atoms in total. The van der Waals surface area contributed by atoms with Gasteiger partial charge in [0.2, 0.25) is 0 Å². The van der Waals surface area contributed by atoms with Crippen LogP contribution in [0.3, 0.4) is 0 Å². The minimum Gasteiger partial charge on any atom is -0.396 e. The molecule has 0 bridgehead atoms. The lowest BCUT2D eigenvalue weighted by Crippen LogP contribution is -2.40. The van der Waals surface area contributed by atoms with Crippen LogP contribution < -0.4 is 5.32 Å². The SMILES string of the molecule is OCC1(Cc2ccc(Br)cn2)CCNCC1. The molecule has 0 amide bonds. The number of hydrogen-bond donors (Lipinski definition) is 2. The quantitative estimate of drug-likeness (QED) is 0.889. The molecule has 0 spiro atoms. The molecule has 4 heteroatoms. The first-order valence-electron chi connectivity index (χ1n) is 5.66. The zero-order valence-electron chi connectivity index (χ0n) is 9.25. The summed E-state index contributed by atoms with van der Waals surface area (Å²) < 4.78 is 1.000. The fourth-order valence-electron chi connectivity index (χ4n) is 2.24. The molecule has 16 heavy (non-hydrogen) atoms. The second-order valence-electron chi connectivity index (χ2n) is 4.55. The molecule has 1 aliphatic heterocycles. The first-order chi connectivity index (χ1) is 7.74. The molecule has 0 unspecified atom stereocenters. The van der Waals surface area contributed by atoms with Gasteiger partial charge in [-0.15, -0.1) is 0 Å². The first kappa shape index (κ1) is 12.0. The number of aromatic nitrogens is 1. The van der Waals surface area contributed by atoms with Crippen LogP contribution in [0.1, 0.15) is 18.5 Å². The van der Waals surface area contributed by atoms with Gasteiger partial charge in [-0.3, -0.25) is 4.98 Å². The zero-order valence-corrected chi connectivity index (χ0v) is 10.8. The number of nitrogens with zero attached hydrogens (tertiary/aromatic N) is 1. The third-order valence-corrected chi connectivity index (χ3v) is 3.81. The lowest BCUT2D eigenvalue weighted by Gasteiger charge is -2.35.